The molecule has 0 amide bonds. The van der Waals surface area contributed by atoms with E-state index in [9.17, 15) is 0 Å². The second kappa shape index (κ2) is 4.10. The Labute approximate surface area is 97.8 Å². The largest absolute Gasteiger partial charge is 0.493 e. The Bertz CT molecular complexity index is 379. The van der Waals surface area contributed by atoms with Crippen LogP contribution in [0, 0.1) is 0 Å². The highest BCUT2D eigenvalue weighted by Gasteiger charge is 2.20. The van der Waals surface area contributed by atoms with Gasteiger partial charge in [0, 0.05) is 11.6 Å². The lowest BCUT2D eigenvalue weighted by Crippen LogP contribution is -2.14. The molecule has 1 aliphatic heterocycles. The topological polar surface area (TPSA) is 35.2 Å². The van der Waals surface area contributed by atoms with Gasteiger partial charge in [-0.25, -0.2) is 0 Å². The second-order valence-corrected chi connectivity index (χ2v) is 5.60. The van der Waals surface area contributed by atoms with Crippen LogP contribution in [0.15, 0.2) is 18.2 Å². The molecule has 0 bridgehead atoms. The summed E-state index contributed by atoms with van der Waals surface area (Å²) in [6, 6.07) is 6.56. The fourth-order valence-electron chi connectivity index (χ4n) is 2.08. The first-order valence-electron chi connectivity index (χ1n) is 6.01. The Hall–Kier alpha value is -1.02. The van der Waals surface area contributed by atoms with Crippen molar-refractivity contribution in [1.29, 1.82) is 0 Å². The first-order valence-corrected chi connectivity index (χ1v) is 6.01. The third kappa shape index (κ3) is 2.22. The summed E-state index contributed by atoms with van der Waals surface area (Å²) >= 11 is 0. The van der Waals surface area contributed by atoms with Crippen LogP contribution in [-0.4, -0.2) is 6.61 Å². The molecule has 0 spiro atoms. The molecule has 1 aromatic carbocycles. The van der Waals surface area contributed by atoms with Crippen LogP contribution in [0.1, 0.15) is 50.8 Å². The number of fused-ring (bicyclic) bond motifs is 1. The molecule has 0 saturated carbocycles. The van der Waals surface area contributed by atoms with Gasteiger partial charge in [0.15, 0.2) is 0 Å². The van der Waals surface area contributed by atoms with Crippen LogP contribution in [-0.2, 0) is 5.41 Å². The predicted octanol–water partition coefficient (Wildman–Crippen LogP) is 3.16. The molecular weight excluding hydrogens is 198 g/mol. The Balaban J connectivity index is 2.43. The van der Waals surface area contributed by atoms with Gasteiger partial charge in [-0.2, -0.15) is 0 Å². The van der Waals surface area contributed by atoms with Crippen molar-refractivity contribution in [3.05, 3.63) is 29.3 Å². The molecule has 88 valence electrons. The van der Waals surface area contributed by atoms with E-state index in [0.717, 1.165) is 25.2 Å². The molecule has 1 heterocycles. The lowest BCUT2D eigenvalue weighted by Gasteiger charge is -2.22. The van der Waals surface area contributed by atoms with Crippen molar-refractivity contribution in [2.75, 3.05) is 6.61 Å². The number of rotatable bonds is 0. The Morgan fingerprint density at radius 2 is 2.06 bits per heavy atom. The van der Waals surface area contributed by atoms with E-state index in [-0.39, 0.29) is 11.5 Å². The van der Waals surface area contributed by atoms with E-state index in [1.165, 1.54) is 11.1 Å². The molecule has 2 rings (SSSR count). The van der Waals surface area contributed by atoms with Crippen LogP contribution in [0.4, 0.5) is 0 Å². The summed E-state index contributed by atoms with van der Waals surface area (Å²) < 4.78 is 5.71. The molecule has 0 aliphatic carbocycles. The molecule has 1 aromatic rings. The van der Waals surface area contributed by atoms with Crippen molar-refractivity contribution < 1.29 is 4.74 Å². The van der Waals surface area contributed by atoms with Gasteiger partial charge in [0.2, 0.25) is 0 Å². The Morgan fingerprint density at radius 3 is 2.75 bits per heavy atom. The van der Waals surface area contributed by atoms with Crippen LogP contribution < -0.4 is 10.5 Å². The van der Waals surface area contributed by atoms with Crippen LogP contribution >= 0.6 is 0 Å². The van der Waals surface area contributed by atoms with Crippen molar-refractivity contribution in [3.8, 4) is 5.75 Å². The normalized spacial score (nSPS) is 20.9. The molecule has 1 aliphatic rings. The third-order valence-electron chi connectivity index (χ3n) is 3.19. The number of ether oxygens (including phenoxy) is 1. The number of hydrogen-bond acceptors (Lipinski definition) is 2. The van der Waals surface area contributed by atoms with Gasteiger partial charge in [0.05, 0.1) is 6.61 Å². The monoisotopic (exact) mass is 219 g/mol. The van der Waals surface area contributed by atoms with E-state index < -0.39 is 0 Å². The molecule has 0 radical (unpaired) electrons. The fraction of sp³-hybridized carbons (Fsp3) is 0.571. The summed E-state index contributed by atoms with van der Waals surface area (Å²) in [5.41, 5.74) is 8.84. The number of benzene rings is 1. The third-order valence-corrected chi connectivity index (χ3v) is 3.19. The molecular formula is C14H21NO. The summed E-state index contributed by atoms with van der Waals surface area (Å²) in [7, 11) is 0. The maximum absolute atomic E-state index is 6.18. The molecule has 2 nitrogen and oxygen atoms in total. The van der Waals surface area contributed by atoms with Crippen LogP contribution in [0.25, 0.3) is 0 Å². The summed E-state index contributed by atoms with van der Waals surface area (Å²) in [5, 5.41) is 0. The summed E-state index contributed by atoms with van der Waals surface area (Å²) in [5.74, 6) is 0.970. The minimum atomic E-state index is 0.125. The average molecular weight is 219 g/mol. The van der Waals surface area contributed by atoms with Gasteiger partial charge in [-0.05, 0) is 29.9 Å². The zero-order chi connectivity index (χ0) is 11.8. The zero-order valence-corrected chi connectivity index (χ0v) is 10.4. The van der Waals surface area contributed by atoms with Gasteiger partial charge >= 0.3 is 0 Å². The van der Waals surface area contributed by atoms with Crippen molar-refractivity contribution in [1.82, 2.24) is 0 Å². The summed E-state index contributed by atoms with van der Waals surface area (Å²) in [6.07, 6.45) is 2.06. The van der Waals surface area contributed by atoms with Crippen molar-refractivity contribution >= 4 is 0 Å². The highest BCUT2D eigenvalue weighted by molar-refractivity contribution is 5.42. The maximum atomic E-state index is 6.18. The van der Waals surface area contributed by atoms with Gasteiger partial charge in [0.25, 0.3) is 0 Å². The lowest BCUT2D eigenvalue weighted by atomic mass is 9.85. The van der Waals surface area contributed by atoms with E-state index in [1.54, 1.807) is 0 Å². The van der Waals surface area contributed by atoms with Crippen LogP contribution in [0.2, 0.25) is 0 Å². The van der Waals surface area contributed by atoms with E-state index in [2.05, 4.69) is 39.0 Å². The lowest BCUT2D eigenvalue weighted by molar-refractivity contribution is 0.316. The Morgan fingerprint density at radius 1 is 1.31 bits per heavy atom. The molecule has 0 unspecified atom stereocenters. The van der Waals surface area contributed by atoms with E-state index >= 15 is 0 Å². The van der Waals surface area contributed by atoms with Crippen molar-refractivity contribution in [3.63, 3.8) is 0 Å². The van der Waals surface area contributed by atoms with E-state index in [4.69, 9.17) is 10.5 Å². The summed E-state index contributed by atoms with van der Waals surface area (Å²) in [4.78, 5) is 0. The SMILES string of the molecule is CC(C)(C)c1ccc2c(c1)[C@H](N)CCCO2. The second-order valence-electron chi connectivity index (χ2n) is 5.60. The standard InChI is InChI=1S/C14H21NO/c1-14(2,3)10-6-7-13-11(9-10)12(15)5-4-8-16-13/h6-7,9,12H,4-5,8,15H2,1-3H3/t12-/m1/s1. The van der Waals surface area contributed by atoms with Crippen molar-refractivity contribution in [2.45, 2.75) is 45.1 Å². The molecule has 2 N–H and O–H groups in total. The van der Waals surface area contributed by atoms with E-state index in [0.29, 0.717) is 0 Å². The first kappa shape index (κ1) is 11.5. The smallest absolute Gasteiger partial charge is 0.124 e. The molecule has 16 heavy (non-hydrogen) atoms. The van der Waals surface area contributed by atoms with Crippen molar-refractivity contribution in [2.24, 2.45) is 5.73 Å². The minimum Gasteiger partial charge on any atom is -0.493 e. The molecule has 1 atom stereocenters. The molecule has 0 fully saturated rings. The van der Waals surface area contributed by atoms with Crippen LogP contribution in [0.5, 0.6) is 5.75 Å². The van der Waals surface area contributed by atoms with Gasteiger partial charge < -0.3 is 10.5 Å². The van der Waals surface area contributed by atoms with Gasteiger partial charge in [0.1, 0.15) is 5.75 Å². The minimum absolute atomic E-state index is 0.125. The maximum Gasteiger partial charge on any atom is 0.124 e. The zero-order valence-electron chi connectivity index (χ0n) is 10.4. The van der Waals surface area contributed by atoms with Crippen LogP contribution in [0.3, 0.4) is 0 Å². The van der Waals surface area contributed by atoms with E-state index in [1.807, 2.05) is 0 Å². The number of hydrogen-bond donors (Lipinski definition) is 1. The molecule has 0 saturated heterocycles. The fourth-order valence-corrected chi connectivity index (χ4v) is 2.08. The number of nitrogens with two attached hydrogens (primary N) is 1. The molecule has 2 heteroatoms. The van der Waals surface area contributed by atoms with Gasteiger partial charge in [-0.1, -0.05) is 32.9 Å². The van der Waals surface area contributed by atoms with Gasteiger partial charge in [-0.15, -0.1) is 0 Å². The Kier molecular flexibility index (Phi) is 2.94. The first-order chi connectivity index (χ1) is 7.48. The highest BCUT2D eigenvalue weighted by atomic mass is 16.5. The predicted molar refractivity (Wildman–Crippen MR) is 66.8 cm³/mol. The molecule has 0 aromatic heterocycles. The van der Waals surface area contributed by atoms with Gasteiger partial charge in [-0.3, -0.25) is 0 Å². The quantitative estimate of drug-likeness (QED) is 0.727. The highest BCUT2D eigenvalue weighted by Crippen LogP contribution is 2.34. The summed E-state index contributed by atoms with van der Waals surface area (Å²) in [6.45, 7) is 7.45. The average Bonchev–Trinajstić information content (AvgIpc) is 2.39.